The molecule has 0 aliphatic heterocycles. The molecule has 0 saturated carbocycles. The SMILES string of the molecule is CCc1ccc(/C=C/C(=O)OC(C)C)cc1. The molecule has 0 amide bonds. The van der Waals surface area contributed by atoms with E-state index in [9.17, 15) is 4.79 Å². The predicted octanol–water partition coefficient (Wildman–Crippen LogP) is 3.21. The van der Waals surface area contributed by atoms with Crippen molar-refractivity contribution in [3.05, 3.63) is 41.5 Å². The van der Waals surface area contributed by atoms with Crippen molar-refractivity contribution in [3.8, 4) is 0 Å². The Morgan fingerprint density at radius 1 is 1.31 bits per heavy atom. The smallest absolute Gasteiger partial charge is 0.331 e. The standard InChI is InChI=1S/C14H18O2/c1-4-12-5-7-13(8-6-12)9-10-14(15)16-11(2)3/h5-11H,4H2,1-3H3/b10-9+. The number of carbonyl (C=O) groups excluding carboxylic acids is 1. The molecule has 1 rings (SSSR count). The number of rotatable bonds is 4. The molecule has 0 bridgehead atoms. The lowest BCUT2D eigenvalue weighted by Crippen LogP contribution is -2.08. The Morgan fingerprint density at radius 3 is 2.44 bits per heavy atom. The number of benzene rings is 1. The molecule has 0 radical (unpaired) electrons. The maximum absolute atomic E-state index is 11.2. The van der Waals surface area contributed by atoms with Gasteiger partial charge in [0.2, 0.25) is 0 Å². The molecular weight excluding hydrogens is 200 g/mol. The highest BCUT2D eigenvalue weighted by Crippen LogP contribution is 2.06. The molecular formula is C14H18O2. The maximum Gasteiger partial charge on any atom is 0.331 e. The second kappa shape index (κ2) is 6.11. The van der Waals surface area contributed by atoms with Crippen LogP contribution in [0.2, 0.25) is 0 Å². The van der Waals surface area contributed by atoms with Crippen molar-refractivity contribution in [3.63, 3.8) is 0 Å². The third-order valence-corrected chi connectivity index (χ3v) is 2.15. The van der Waals surface area contributed by atoms with Crippen molar-refractivity contribution < 1.29 is 9.53 Å². The van der Waals surface area contributed by atoms with Crippen LogP contribution in [0, 0.1) is 0 Å². The van der Waals surface area contributed by atoms with E-state index in [-0.39, 0.29) is 12.1 Å². The molecule has 0 heterocycles. The first kappa shape index (κ1) is 12.5. The van der Waals surface area contributed by atoms with Crippen molar-refractivity contribution in [1.82, 2.24) is 0 Å². The zero-order valence-electron chi connectivity index (χ0n) is 10.1. The molecule has 0 aliphatic rings. The van der Waals surface area contributed by atoms with E-state index in [1.807, 2.05) is 26.0 Å². The molecule has 0 aliphatic carbocycles. The third kappa shape index (κ3) is 4.30. The quantitative estimate of drug-likeness (QED) is 0.573. The highest BCUT2D eigenvalue weighted by Gasteiger charge is 1.99. The van der Waals surface area contributed by atoms with Gasteiger partial charge in [0.05, 0.1) is 6.10 Å². The molecule has 86 valence electrons. The first-order valence-electron chi connectivity index (χ1n) is 5.59. The summed E-state index contributed by atoms with van der Waals surface area (Å²) in [6.45, 7) is 5.79. The summed E-state index contributed by atoms with van der Waals surface area (Å²) in [6.07, 6.45) is 4.18. The van der Waals surface area contributed by atoms with Gasteiger partial charge in [-0.3, -0.25) is 0 Å². The zero-order chi connectivity index (χ0) is 12.0. The largest absolute Gasteiger partial charge is 0.460 e. The number of carbonyl (C=O) groups is 1. The molecule has 2 nitrogen and oxygen atoms in total. The highest BCUT2D eigenvalue weighted by atomic mass is 16.5. The Bertz CT molecular complexity index is 361. The van der Waals surface area contributed by atoms with E-state index in [1.54, 1.807) is 6.08 Å². The molecule has 0 saturated heterocycles. The van der Waals surface area contributed by atoms with E-state index in [4.69, 9.17) is 4.74 Å². The summed E-state index contributed by atoms with van der Waals surface area (Å²) in [5.41, 5.74) is 2.31. The molecule has 0 spiro atoms. The van der Waals surface area contributed by atoms with Crippen LogP contribution >= 0.6 is 0 Å². The van der Waals surface area contributed by atoms with E-state index in [0.29, 0.717) is 0 Å². The van der Waals surface area contributed by atoms with Crippen molar-refractivity contribution in [2.75, 3.05) is 0 Å². The van der Waals surface area contributed by atoms with E-state index < -0.39 is 0 Å². The number of aryl methyl sites for hydroxylation is 1. The Hall–Kier alpha value is -1.57. The van der Waals surface area contributed by atoms with Crippen LogP contribution in [-0.4, -0.2) is 12.1 Å². The van der Waals surface area contributed by atoms with Crippen LogP contribution in [0.1, 0.15) is 31.9 Å². The van der Waals surface area contributed by atoms with Gasteiger partial charge in [-0.15, -0.1) is 0 Å². The predicted molar refractivity (Wildman–Crippen MR) is 66.1 cm³/mol. The molecule has 1 aromatic carbocycles. The fraction of sp³-hybridized carbons (Fsp3) is 0.357. The fourth-order valence-corrected chi connectivity index (χ4v) is 1.30. The monoisotopic (exact) mass is 218 g/mol. The van der Waals surface area contributed by atoms with Gasteiger partial charge in [0.15, 0.2) is 0 Å². The summed E-state index contributed by atoms with van der Waals surface area (Å²) in [5, 5.41) is 0. The molecule has 0 N–H and O–H groups in total. The summed E-state index contributed by atoms with van der Waals surface area (Å²) in [5.74, 6) is -0.297. The van der Waals surface area contributed by atoms with Crippen molar-refractivity contribution in [2.45, 2.75) is 33.3 Å². The van der Waals surface area contributed by atoms with Crippen LogP contribution in [-0.2, 0) is 16.0 Å². The van der Waals surface area contributed by atoms with Crippen LogP contribution in [0.3, 0.4) is 0 Å². The van der Waals surface area contributed by atoms with E-state index >= 15 is 0 Å². The summed E-state index contributed by atoms with van der Waals surface area (Å²) < 4.78 is 4.99. The van der Waals surface area contributed by atoms with Gasteiger partial charge in [-0.05, 0) is 37.5 Å². The Balaban J connectivity index is 2.58. The van der Waals surface area contributed by atoms with Gasteiger partial charge in [0.1, 0.15) is 0 Å². The number of hydrogen-bond acceptors (Lipinski definition) is 2. The molecule has 0 aromatic heterocycles. The van der Waals surface area contributed by atoms with E-state index in [0.717, 1.165) is 12.0 Å². The zero-order valence-corrected chi connectivity index (χ0v) is 10.1. The average Bonchev–Trinajstić information content (AvgIpc) is 2.26. The van der Waals surface area contributed by atoms with Gasteiger partial charge < -0.3 is 4.74 Å². The first-order chi connectivity index (χ1) is 7.61. The minimum Gasteiger partial charge on any atom is -0.460 e. The van der Waals surface area contributed by atoms with Crippen LogP contribution in [0.15, 0.2) is 30.3 Å². The van der Waals surface area contributed by atoms with Crippen LogP contribution in [0.4, 0.5) is 0 Å². The van der Waals surface area contributed by atoms with Gasteiger partial charge in [0.25, 0.3) is 0 Å². The summed E-state index contributed by atoms with van der Waals surface area (Å²) in [4.78, 5) is 11.2. The lowest BCUT2D eigenvalue weighted by molar-refractivity contribution is -0.141. The molecule has 0 unspecified atom stereocenters. The molecule has 1 aromatic rings. The van der Waals surface area contributed by atoms with Crippen molar-refractivity contribution in [1.29, 1.82) is 0 Å². The van der Waals surface area contributed by atoms with Crippen molar-refractivity contribution in [2.24, 2.45) is 0 Å². The molecule has 0 atom stereocenters. The van der Waals surface area contributed by atoms with Gasteiger partial charge in [-0.1, -0.05) is 31.2 Å². The van der Waals surface area contributed by atoms with E-state index in [2.05, 4.69) is 19.1 Å². The molecule has 0 fully saturated rings. The van der Waals surface area contributed by atoms with Gasteiger partial charge >= 0.3 is 5.97 Å². The Kier molecular flexibility index (Phi) is 4.77. The normalized spacial score (nSPS) is 11.0. The second-order valence-electron chi connectivity index (χ2n) is 3.91. The minimum atomic E-state index is -0.297. The summed E-state index contributed by atoms with van der Waals surface area (Å²) in [7, 11) is 0. The fourth-order valence-electron chi connectivity index (χ4n) is 1.30. The summed E-state index contributed by atoms with van der Waals surface area (Å²) in [6, 6.07) is 8.12. The Labute approximate surface area is 96.9 Å². The molecule has 2 heteroatoms. The number of esters is 1. The number of ether oxygens (including phenoxy) is 1. The van der Waals surface area contributed by atoms with Gasteiger partial charge in [-0.25, -0.2) is 4.79 Å². The van der Waals surface area contributed by atoms with Gasteiger partial charge in [0, 0.05) is 6.08 Å². The number of hydrogen-bond donors (Lipinski definition) is 0. The lowest BCUT2D eigenvalue weighted by atomic mass is 10.1. The maximum atomic E-state index is 11.2. The van der Waals surface area contributed by atoms with Crippen molar-refractivity contribution >= 4 is 12.0 Å². The lowest BCUT2D eigenvalue weighted by Gasteiger charge is -2.03. The minimum absolute atomic E-state index is 0.0698. The first-order valence-corrected chi connectivity index (χ1v) is 5.59. The topological polar surface area (TPSA) is 26.3 Å². The van der Waals surface area contributed by atoms with Gasteiger partial charge in [-0.2, -0.15) is 0 Å². The molecule has 16 heavy (non-hydrogen) atoms. The van der Waals surface area contributed by atoms with E-state index in [1.165, 1.54) is 11.6 Å². The third-order valence-electron chi connectivity index (χ3n) is 2.15. The second-order valence-corrected chi connectivity index (χ2v) is 3.91. The highest BCUT2D eigenvalue weighted by molar-refractivity contribution is 5.87. The summed E-state index contributed by atoms with van der Waals surface area (Å²) >= 11 is 0. The average molecular weight is 218 g/mol. The van der Waals surface area contributed by atoms with Crippen LogP contribution in [0.5, 0.6) is 0 Å². The Morgan fingerprint density at radius 2 is 1.94 bits per heavy atom. The van der Waals surface area contributed by atoms with Crippen LogP contribution < -0.4 is 0 Å². The van der Waals surface area contributed by atoms with Crippen LogP contribution in [0.25, 0.3) is 6.08 Å².